The minimum absolute atomic E-state index is 0.0407. The molecule has 0 N–H and O–H groups in total. The second-order valence-electron chi connectivity index (χ2n) is 6.12. The molecule has 0 aliphatic rings. The lowest BCUT2D eigenvalue weighted by molar-refractivity contribution is 0.581. The van der Waals surface area contributed by atoms with Crippen LogP contribution in [-0.2, 0) is 24.1 Å². The van der Waals surface area contributed by atoms with Gasteiger partial charge in [0.15, 0.2) is 0 Å². The number of halogens is 2. The van der Waals surface area contributed by atoms with Crippen molar-refractivity contribution in [2.45, 2.75) is 4.90 Å². The number of hydrogen-bond acceptors (Lipinski definition) is 5. The van der Waals surface area contributed by atoms with E-state index >= 15 is 0 Å². The molecule has 0 amide bonds. The lowest BCUT2D eigenvalue weighted by Gasteiger charge is -2.08. The van der Waals surface area contributed by atoms with Crippen LogP contribution in [-0.4, -0.2) is 37.2 Å². The summed E-state index contributed by atoms with van der Waals surface area (Å²) in [4.78, 5) is 0.0407. The molecule has 3 heterocycles. The molecule has 0 atom stereocenters. The highest BCUT2D eigenvalue weighted by Gasteiger charge is 2.29. The number of aryl methyl sites for hydroxylation is 2. The maximum atomic E-state index is 13.3. The molecule has 144 valence electrons. The van der Waals surface area contributed by atoms with Crippen LogP contribution in [0, 0.1) is 0 Å². The highest BCUT2D eigenvalue weighted by Crippen LogP contribution is 2.37. The molecule has 0 unspecified atom stereocenters. The van der Waals surface area contributed by atoms with Crippen LogP contribution in [0.1, 0.15) is 0 Å². The Morgan fingerprint density at radius 2 is 1.46 bits per heavy atom. The molecule has 8 nitrogen and oxygen atoms in total. The summed E-state index contributed by atoms with van der Waals surface area (Å²) in [6.45, 7) is 0. The summed E-state index contributed by atoms with van der Waals surface area (Å²) in [5.74, 6) is 0. The summed E-state index contributed by atoms with van der Waals surface area (Å²) in [5, 5.41) is 13.2. The van der Waals surface area contributed by atoms with Crippen LogP contribution in [0.2, 0.25) is 10.0 Å². The minimum atomic E-state index is -4.03. The van der Waals surface area contributed by atoms with Crippen LogP contribution < -0.4 is 0 Å². The molecule has 0 aliphatic heterocycles. The van der Waals surface area contributed by atoms with Gasteiger partial charge < -0.3 is 0 Å². The van der Waals surface area contributed by atoms with Crippen molar-refractivity contribution in [2.75, 3.05) is 0 Å². The Kier molecular flexibility index (Phi) is 4.53. The molecule has 3 aromatic heterocycles. The van der Waals surface area contributed by atoms with Crippen LogP contribution >= 0.6 is 23.2 Å². The number of benzene rings is 1. The van der Waals surface area contributed by atoms with Crippen molar-refractivity contribution in [2.24, 2.45) is 14.1 Å². The van der Waals surface area contributed by atoms with E-state index in [2.05, 4.69) is 15.3 Å². The highest BCUT2D eigenvalue weighted by molar-refractivity contribution is 7.90. The first-order chi connectivity index (χ1) is 13.3. The van der Waals surface area contributed by atoms with Gasteiger partial charge in [0.1, 0.15) is 11.4 Å². The van der Waals surface area contributed by atoms with Gasteiger partial charge in [-0.1, -0.05) is 23.2 Å². The van der Waals surface area contributed by atoms with Crippen molar-refractivity contribution in [3.8, 4) is 22.5 Å². The lowest BCUT2D eigenvalue weighted by atomic mass is 10.2. The molecular formula is C17H14Cl2N6O2S. The Hall–Kier alpha value is -2.62. The fraction of sp³-hybridized carbons (Fsp3) is 0.118. The second kappa shape index (κ2) is 6.77. The highest BCUT2D eigenvalue weighted by atomic mass is 35.5. The van der Waals surface area contributed by atoms with Crippen LogP contribution in [0.3, 0.4) is 0 Å². The van der Waals surface area contributed by atoms with Crippen molar-refractivity contribution in [1.29, 1.82) is 0 Å². The molecule has 4 rings (SSSR count). The summed E-state index contributed by atoms with van der Waals surface area (Å²) < 4.78 is 30.7. The zero-order chi connectivity index (χ0) is 20.1. The lowest BCUT2D eigenvalue weighted by Crippen LogP contribution is -2.15. The van der Waals surface area contributed by atoms with E-state index in [9.17, 15) is 8.42 Å². The van der Waals surface area contributed by atoms with E-state index in [0.717, 1.165) is 4.09 Å². The first kappa shape index (κ1) is 18.7. The van der Waals surface area contributed by atoms with E-state index in [1.807, 2.05) is 0 Å². The van der Waals surface area contributed by atoms with Gasteiger partial charge in [0.25, 0.3) is 10.0 Å². The van der Waals surface area contributed by atoms with Gasteiger partial charge in [-0.05, 0) is 24.3 Å². The van der Waals surface area contributed by atoms with E-state index < -0.39 is 10.0 Å². The third-order valence-electron chi connectivity index (χ3n) is 4.09. The molecule has 0 fully saturated rings. The Morgan fingerprint density at radius 3 is 2.00 bits per heavy atom. The maximum Gasteiger partial charge on any atom is 0.283 e. The van der Waals surface area contributed by atoms with Crippen LogP contribution in [0.15, 0.2) is 53.9 Å². The smallest absolute Gasteiger partial charge is 0.275 e. The van der Waals surface area contributed by atoms with Gasteiger partial charge in [-0.2, -0.15) is 27.8 Å². The molecular weight excluding hydrogens is 423 g/mol. The Labute approximate surface area is 171 Å². The molecule has 0 aliphatic carbocycles. The van der Waals surface area contributed by atoms with Gasteiger partial charge in [-0.25, -0.2) is 0 Å². The molecule has 4 aromatic rings. The zero-order valence-corrected chi connectivity index (χ0v) is 17.1. The van der Waals surface area contributed by atoms with E-state index in [4.69, 9.17) is 23.2 Å². The molecule has 0 saturated heterocycles. The monoisotopic (exact) mass is 436 g/mol. The SMILES string of the molecule is Cn1cc(-c2nn(S(=O)(=O)c3ccc(Cl)cc3)c(-c3cnn(C)c3)c2Cl)cn1. The Balaban J connectivity index is 1.99. The number of nitrogens with zero attached hydrogens (tertiary/aromatic N) is 6. The molecule has 0 radical (unpaired) electrons. The van der Waals surface area contributed by atoms with Crippen molar-refractivity contribution in [3.63, 3.8) is 0 Å². The fourth-order valence-corrected chi connectivity index (χ4v) is 4.59. The Morgan fingerprint density at radius 1 is 0.893 bits per heavy atom. The third kappa shape index (κ3) is 3.11. The normalized spacial score (nSPS) is 11.9. The first-order valence-corrected chi connectivity index (χ1v) is 10.2. The van der Waals surface area contributed by atoms with Gasteiger partial charge in [-0.15, -0.1) is 0 Å². The number of aromatic nitrogens is 6. The van der Waals surface area contributed by atoms with Crippen LogP contribution in [0.4, 0.5) is 0 Å². The largest absolute Gasteiger partial charge is 0.283 e. The fourth-order valence-electron chi connectivity index (χ4n) is 2.77. The predicted octanol–water partition coefficient (Wildman–Crippen LogP) is 3.23. The molecule has 0 bridgehead atoms. The van der Waals surface area contributed by atoms with E-state index in [-0.39, 0.29) is 15.6 Å². The van der Waals surface area contributed by atoms with Crippen molar-refractivity contribution < 1.29 is 8.42 Å². The molecule has 0 saturated carbocycles. The number of rotatable bonds is 4. The van der Waals surface area contributed by atoms with E-state index in [1.165, 1.54) is 30.5 Å². The summed E-state index contributed by atoms with van der Waals surface area (Å²) in [6, 6.07) is 5.85. The average molecular weight is 437 g/mol. The van der Waals surface area contributed by atoms with Crippen LogP contribution in [0.25, 0.3) is 22.5 Å². The summed E-state index contributed by atoms with van der Waals surface area (Å²) in [5.41, 5.74) is 1.66. The standard InChI is InChI=1S/C17H14Cl2N6O2S/c1-23-9-11(7-20-23)16-15(19)17(12-8-21-24(2)10-12)25(22-16)28(26,27)14-5-3-13(18)4-6-14/h3-10H,1-2H3. The van der Waals surface area contributed by atoms with Gasteiger partial charge >= 0.3 is 0 Å². The van der Waals surface area contributed by atoms with Crippen molar-refractivity contribution >= 4 is 33.2 Å². The first-order valence-electron chi connectivity index (χ1n) is 8.05. The molecule has 11 heteroatoms. The maximum absolute atomic E-state index is 13.3. The molecule has 1 aromatic carbocycles. The summed E-state index contributed by atoms with van der Waals surface area (Å²) in [7, 11) is -0.549. The van der Waals surface area contributed by atoms with E-state index in [0.29, 0.717) is 21.8 Å². The quantitative estimate of drug-likeness (QED) is 0.489. The molecule has 0 spiro atoms. The Bertz CT molecular complexity index is 1270. The van der Waals surface area contributed by atoms with Gasteiger partial charge in [0.05, 0.1) is 22.3 Å². The van der Waals surface area contributed by atoms with Gasteiger partial charge in [0, 0.05) is 42.6 Å². The molecule has 28 heavy (non-hydrogen) atoms. The average Bonchev–Trinajstić information content (AvgIpc) is 3.34. The van der Waals surface area contributed by atoms with Crippen molar-refractivity contribution in [1.82, 2.24) is 28.7 Å². The minimum Gasteiger partial charge on any atom is -0.275 e. The van der Waals surface area contributed by atoms with Gasteiger partial charge in [-0.3, -0.25) is 9.36 Å². The predicted molar refractivity (Wildman–Crippen MR) is 106 cm³/mol. The topological polar surface area (TPSA) is 87.6 Å². The van der Waals surface area contributed by atoms with E-state index in [1.54, 1.807) is 42.0 Å². The summed E-state index contributed by atoms with van der Waals surface area (Å²) >= 11 is 12.5. The van der Waals surface area contributed by atoms with Crippen LogP contribution in [0.5, 0.6) is 0 Å². The number of hydrogen-bond donors (Lipinski definition) is 0. The van der Waals surface area contributed by atoms with Gasteiger partial charge in [0.2, 0.25) is 0 Å². The zero-order valence-electron chi connectivity index (χ0n) is 14.8. The third-order valence-corrected chi connectivity index (χ3v) is 6.29. The summed E-state index contributed by atoms with van der Waals surface area (Å²) in [6.07, 6.45) is 6.48. The van der Waals surface area contributed by atoms with Crippen molar-refractivity contribution in [3.05, 3.63) is 59.1 Å². The second-order valence-corrected chi connectivity index (χ2v) is 8.70.